The van der Waals surface area contributed by atoms with Crippen LogP contribution in [0.25, 0.3) is 5.69 Å². The van der Waals surface area contributed by atoms with Crippen molar-refractivity contribution >= 4 is 39.1 Å². The fourth-order valence-corrected chi connectivity index (χ4v) is 4.60. The van der Waals surface area contributed by atoms with E-state index in [1.54, 1.807) is 41.9 Å². The summed E-state index contributed by atoms with van der Waals surface area (Å²) in [5.74, 6) is 0.0620. The molecule has 0 radical (unpaired) electrons. The molecule has 2 aromatic carbocycles. The quantitative estimate of drug-likeness (QED) is 0.611. The summed E-state index contributed by atoms with van der Waals surface area (Å²) in [5, 5.41) is 7.59. The first-order valence-corrected chi connectivity index (χ1v) is 11.5. The normalized spacial score (nSPS) is 13.7. The minimum absolute atomic E-state index is 0.0474. The van der Waals surface area contributed by atoms with Gasteiger partial charge in [-0.3, -0.25) is 14.5 Å². The molecule has 160 valence electrons. The number of hydrogen-bond donors (Lipinski definition) is 2. The smallest absolute Gasteiger partial charge is 0.262 e. The summed E-state index contributed by atoms with van der Waals surface area (Å²) >= 11 is 6.05. The molecular weight excluding hydrogens is 438 g/mol. The molecule has 0 saturated carbocycles. The Kier molecular flexibility index (Phi) is 5.79. The van der Waals surface area contributed by atoms with Gasteiger partial charge >= 0.3 is 0 Å². The Hall–Kier alpha value is -3.17. The van der Waals surface area contributed by atoms with Crippen molar-refractivity contribution in [1.29, 1.82) is 0 Å². The van der Waals surface area contributed by atoms with E-state index < -0.39 is 15.9 Å². The van der Waals surface area contributed by atoms with Gasteiger partial charge in [-0.15, -0.1) is 0 Å². The van der Waals surface area contributed by atoms with Gasteiger partial charge in [-0.1, -0.05) is 23.7 Å². The standard InChI is InChI=1S/C21H20ClN5O3S/c1-14-19(13-24-27(14)17-7-2-5-15(22)11-17)21(28)25-16-6-3-8-18(12-16)31(29,30)26-20-9-4-10-23-20/h2-3,5-8,11-13H,4,9-10H2,1H3,(H,23,26)(H,25,28). The van der Waals surface area contributed by atoms with Crippen molar-refractivity contribution in [2.75, 3.05) is 11.9 Å². The van der Waals surface area contributed by atoms with Gasteiger partial charge in [0.1, 0.15) is 5.84 Å². The van der Waals surface area contributed by atoms with Crippen LogP contribution >= 0.6 is 11.6 Å². The second kappa shape index (κ2) is 8.52. The second-order valence-corrected chi connectivity index (χ2v) is 9.17. The predicted molar refractivity (Wildman–Crippen MR) is 120 cm³/mol. The number of carbonyl (C=O) groups excluding carboxylic acids is 1. The molecule has 2 heterocycles. The van der Waals surface area contributed by atoms with Gasteiger partial charge in [-0.2, -0.15) is 5.10 Å². The zero-order valence-electron chi connectivity index (χ0n) is 16.7. The number of halogens is 1. The third-order valence-corrected chi connectivity index (χ3v) is 6.45. The highest BCUT2D eigenvalue weighted by molar-refractivity contribution is 7.90. The summed E-state index contributed by atoms with van der Waals surface area (Å²) in [7, 11) is -3.77. The van der Waals surface area contributed by atoms with Gasteiger partial charge in [0, 0.05) is 23.7 Å². The van der Waals surface area contributed by atoms with E-state index in [2.05, 4.69) is 20.1 Å². The summed E-state index contributed by atoms with van der Waals surface area (Å²) in [6, 6.07) is 13.2. The van der Waals surface area contributed by atoms with Crippen LogP contribution in [0.4, 0.5) is 5.69 Å². The number of anilines is 1. The monoisotopic (exact) mass is 457 g/mol. The lowest BCUT2D eigenvalue weighted by Gasteiger charge is -2.10. The van der Waals surface area contributed by atoms with Gasteiger partial charge in [0.2, 0.25) is 0 Å². The van der Waals surface area contributed by atoms with Crippen molar-refractivity contribution in [2.24, 2.45) is 4.99 Å². The minimum Gasteiger partial charge on any atom is -0.322 e. The molecule has 0 spiro atoms. The van der Waals surface area contributed by atoms with Crippen molar-refractivity contribution in [2.45, 2.75) is 24.7 Å². The molecule has 0 atom stereocenters. The number of rotatable bonds is 5. The van der Waals surface area contributed by atoms with Gasteiger partial charge in [0.25, 0.3) is 15.9 Å². The molecule has 8 nitrogen and oxygen atoms in total. The highest BCUT2D eigenvalue weighted by Crippen LogP contribution is 2.20. The van der Waals surface area contributed by atoms with Gasteiger partial charge < -0.3 is 5.32 Å². The van der Waals surface area contributed by atoms with Gasteiger partial charge in [-0.25, -0.2) is 13.1 Å². The largest absolute Gasteiger partial charge is 0.322 e. The number of nitrogens with zero attached hydrogens (tertiary/aromatic N) is 3. The topological polar surface area (TPSA) is 105 Å². The lowest BCUT2D eigenvalue weighted by molar-refractivity contribution is 0.102. The number of hydrogen-bond acceptors (Lipinski definition) is 5. The van der Waals surface area contributed by atoms with Crippen LogP contribution in [0, 0.1) is 6.92 Å². The highest BCUT2D eigenvalue weighted by Gasteiger charge is 2.20. The van der Waals surface area contributed by atoms with Crippen LogP contribution in [0.2, 0.25) is 5.02 Å². The van der Waals surface area contributed by atoms with Crippen molar-refractivity contribution < 1.29 is 13.2 Å². The van der Waals surface area contributed by atoms with Gasteiger partial charge in [-0.05, 0) is 49.7 Å². The van der Waals surface area contributed by atoms with Crippen LogP contribution in [-0.2, 0) is 10.0 Å². The fourth-order valence-electron chi connectivity index (χ4n) is 3.28. The lowest BCUT2D eigenvalue weighted by Crippen LogP contribution is -2.29. The molecule has 0 fully saturated rings. The number of aromatic nitrogens is 2. The van der Waals surface area contributed by atoms with E-state index in [1.807, 2.05) is 6.07 Å². The average Bonchev–Trinajstić information content (AvgIpc) is 3.37. The summed E-state index contributed by atoms with van der Waals surface area (Å²) in [5.41, 5.74) is 2.09. The molecule has 4 rings (SSSR count). The summed E-state index contributed by atoms with van der Waals surface area (Å²) < 4.78 is 29.3. The molecule has 0 saturated heterocycles. The van der Waals surface area contributed by atoms with Crippen molar-refractivity contribution in [1.82, 2.24) is 14.5 Å². The molecule has 2 N–H and O–H groups in total. The van der Waals surface area contributed by atoms with Crippen LogP contribution in [0.5, 0.6) is 0 Å². The Morgan fingerprint density at radius 1 is 1.16 bits per heavy atom. The lowest BCUT2D eigenvalue weighted by atomic mass is 10.2. The Morgan fingerprint density at radius 3 is 2.71 bits per heavy atom. The van der Waals surface area contributed by atoms with Crippen LogP contribution in [0.1, 0.15) is 28.9 Å². The number of sulfonamides is 1. The SMILES string of the molecule is Cc1c(C(=O)Nc2cccc(S(=O)(=O)NC3=NCCC3)c2)cnn1-c1cccc(Cl)c1. The molecule has 0 unspecified atom stereocenters. The Balaban J connectivity index is 1.54. The number of carbonyl (C=O) groups is 1. The molecule has 1 aliphatic rings. The average molecular weight is 458 g/mol. The van der Waals surface area contributed by atoms with Crippen molar-refractivity contribution in [3.63, 3.8) is 0 Å². The molecule has 31 heavy (non-hydrogen) atoms. The first kappa shape index (κ1) is 21.1. The first-order valence-electron chi connectivity index (χ1n) is 9.61. The molecule has 1 aromatic heterocycles. The molecular formula is C21H20ClN5O3S. The molecule has 3 aromatic rings. The molecule has 0 bridgehead atoms. The number of aliphatic imine (C=N–C) groups is 1. The third kappa shape index (κ3) is 4.62. The van der Waals surface area contributed by atoms with Crippen LogP contribution < -0.4 is 10.0 Å². The second-order valence-electron chi connectivity index (χ2n) is 7.05. The van der Waals surface area contributed by atoms with E-state index in [0.29, 0.717) is 40.8 Å². The predicted octanol–water partition coefficient (Wildman–Crippen LogP) is 3.56. The number of nitrogens with one attached hydrogen (secondary N) is 2. The van der Waals surface area contributed by atoms with E-state index in [9.17, 15) is 13.2 Å². The van der Waals surface area contributed by atoms with Gasteiger partial charge in [0.15, 0.2) is 0 Å². The van der Waals surface area contributed by atoms with E-state index in [1.165, 1.54) is 18.3 Å². The number of amides is 1. The molecule has 0 aliphatic carbocycles. The Labute approximate surface area is 185 Å². The molecule has 1 aliphatic heterocycles. The van der Waals surface area contributed by atoms with E-state index in [-0.39, 0.29) is 4.90 Å². The maximum absolute atomic E-state index is 12.8. The summed E-state index contributed by atoms with van der Waals surface area (Å²) in [4.78, 5) is 17.0. The summed E-state index contributed by atoms with van der Waals surface area (Å²) in [6.45, 7) is 2.39. The fraction of sp³-hybridized carbons (Fsp3) is 0.190. The van der Waals surface area contributed by atoms with Crippen LogP contribution in [0.3, 0.4) is 0 Å². The third-order valence-electron chi connectivity index (χ3n) is 4.84. The molecule has 1 amide bonds. The zero-order valence-corrected chi connectivity index (χ0v) is 18.2. The zero-order chi connectivity index (χ0) is 22.0. The van der Waals surface area contributed by atoms with E-state index in [4.69, 9.17) is 11.6 Å². The first-order chi connectivity index (χ1) is 14.8. The van der Waals surface area contributed by atoms with E-state index in [0.717, 1.165) is 12.1 Å². The molecule has 10 heteroatoms. The number of benzene rings is 2. The van der Waals surface area contributed by atoms with Crippen LogP contribution in [-0.4, -0.2) is 36.5 Å². The maximum atomic E-state index is 12.8. The summed E-state index contributed by atoms with van der Waals surface area (Å²) in [6.07, 6.45) is 2.90. The number of amidine groups is 1. The van der Waals surface area contributed by atoms with E-state index >= 15 is 0 Å². The minimum atomic E-state index is -3.77. The van der Waals surface area contributed by atoms with Crippen molar-refractivity contribution in [3.05, 3.63) is 71.0 Å². The Bertz CT molecular complexity index is 1280. The van der Waals surface area contributed by atoms with Crippen LogP contribution in [0.15, 0.2) is 64.6 Å². The van der Waals surface area contributed by atoms with Crippen molar-refractivity contribution in [3.8, 4) is 5.69 Å². The Morgan fingerprint density at radius 2 is 1.97 bits per heavy atom. The highest BCUT2D eigenvalue weighted by atomic mass is 35.5. The maximum Gasteiger partial charge on any atom is 0.262 e. The van der Waals surface area contributed by atoms with Gasteiger partial charge in [0.05, 0.1) is 28.0 Å².